The lowest BCUT2D eigenvalue weighted by atomic mass is 9.84. The molecule has 0 bridgehead atoms. The van der Waals surface area contributed by atoms with Crippen LogP contribution in [0.1, 0.15) is 19.3 Å². The van der Waals surface area contributed by atoms with Crippen LogP contribution < -0.4 is 5.32 Å². The normalized spacial score (nSPS) is 21.0. The molecule has 164 valence electrons. The van der Waals surface area contributed by atoms with Gasteiger partial charge in [0, 0.05) is 24.1 Å². The van der Waals surface area contributed by atoms with Gasteiger partial charge in [0.25, 0.3) is 0 Å². The van der Waals surface area contributed by atoms with Crippen molar-refractivity contribution < 1.29 is 10.2 Å². The maximum Gasteiger partial charge on any atom is 0.202 e. The number of aliphatic hydroxyl groups excluding tert-OH is 2. The summed E-state index contributed by atoms with van der Waals surface area (Å²) in [6.07, 6.45) is 1.72. The molecule has 0 radical (unpaired) electrons. The molecule has 1 aliphatic carbocycles. The molecule has 4 N–H and O–H groups in total. The highest BCUT2D eigenvalue weighted by atomic mass is 35.5. The lowest BCUT2D eigenvalue weighted by molar-refractivity contribution is 0.0319. The molecule has 6 nitrogen and oxygen atoms in total. The number of halogens is 1. The first-order valence-electron chi connectivity index (χ1n) is 10.9. The van der Waals surface area contributed by atoms with Gasteiger partial charge < -0.3 is 20.5 Å². The number of imidazole rings is 1. The maximum atomic E-state index is 10.2. The molecular formula is C25H25ClN4O2. The zero-order valence-corrected chi connectivity index (χ0v) is 18.3. The molecule has 32 heavy (non-hydrogen) atoms. The van der Waals surface area contributed by atoms with Crippen LogP contribution in [0.2, 0.25) is 5.02 Å². The van der Waals surface area contributed by atoms with Crippen LogP contribution in [0, 0.1) is 5.92 Å². The Kier molecular flexibility index (Phi) is 5.83. The Morgan fingerprint density at radius 2 is 1.69 bits per heavy atom. The van der Waals surface area contributed by atoms with E-state index in [-0.39, 0.29) is 18.6 Å². The van der Waals surface area contributed by atoms with Crippen molar-refractivity contribution >= 4 is 28.7 Å². The topological polar surface area (TPSA) is 94.1 Å². The molecule has 1 aliphatic rings. The number of fused-ring (bicyclic) bond motifs is 1. The second kappa shape index (κ2) is 8.90. The van der Waals surface area contributed by atoms with Gasteiger partial charge in [0.15, 0.2) is 5.65 Å². The highest BCUT2D eigenvalue weighted by Crippen LogP contribution is 2.32. The highest BCUT2D eigenvalue weighted by Gasteiger charge is 2.29. The van der Waals surface area contributed by atoms with Crippen molar-refractivity contribution in [3.8, 4) is 22.4 Å². The smallest absolute Gasteiger partial charge is 0.202 e. The Morgan fingerprint density at radius 1 is 0.969 bits per heavy atom. The summed E-state index contributed by atoms with van der Waals surface area (Å²) >= 11 is 6.56. The number of aromatic nitrogens is 3. The molecule has 3 atom stereocenters. The number of nitrogens with zero attached hydrogens (tertiary/aromatic N) is 2. The predicted molar refractivity (Wildman–Crippen MR) is 128 cm³/mol. The van der Waals surface area contributed by atoms with E-state index in [1.165, 1.54) is 0 Å². The summed E-state index contributed by atoms with van der Waals surface area (Å²) in [6.45, 7) is 0.0239. The van der Waals surface area contributed by atoms with Gasteiger partial charge in [-0.05, 0) is 36.5 Å². The summed E-state index contributed by atoms with van der Waals surface area (Å²) in [7, 11) is 0. The first-order valence-corrected chi connectivity index (χ1v) is 11.3. The second-order valence-electron chi connectivity index (χ2n) is 8.38. The molecule has 0 saturated heterocycles. The van der Waals surface area contributed by atoms with Gasteiger partial charge in [0.05, 0.1) is 22.3 Å². The van der Waals surface area contributed by atoms with Crippen LogP contribution in [0.15, 0.2) is 60.7 Å². The molecule has 2 aromatic carbocycles. The summed E-state index contributed by atoms with van der Waals surface area (Å²) in [5.41, 5.74) is 5.26. The van der Waals surface area contributed by atoms with E-state index < -0.39 is 6.10 Å². The standard InChI is InChI=1S/C25H25ClN4O2/c26-20-13-21-24(30-25(28-21)27-19-11-10-18(14-31)22(32)12-19)29-23(20)17-8-6-16(7-9-17)15-4-2-1-3-5-15/h1-9,13,18-19,22,31-32H,10-12,14H2,(H2,27,28,29,30)/t18-,19+,22+/m1/s1. The molecule has 0 spiro atoms. The number of aromatic amines is 1. The number of aliphatic hydroxyl groups is 2. The summed E-state index contributed by atoms with van der Waals surface area (Å²) in [5.74, 6) is 0.569. The van der Waals surface area contributed by atoms with Crippen molar-refractivity contribution in [2.75, 3.05) is 11.9 Å². The van der Waals surface area contributed by atoms with Gasteiger partial charge in [0.1, 0.15) is 0 Å². The summed E-state index contributed by atoms with van der Waals surface area (Å²) in [6, 6.07) is 20.3. The van der Waals surface area contributed by atoms with Gasteiger partial charge in [-0.25, -0.2) is 4.98 Å². The summed E-state index contributed by atoms with van der Waals surface area (Å²) in [4.78, 5) is 12.5. The van der Waals surface area contributed by atoms with Gasteiger partial charge in [-0.2, -0.15) is 4.98 Å². The third kappa shape index (κ3) is 4.21. The lowest BCUT2D eigenvalue weighted by Gasteiger charge is -2.32. The van der Waals surface area contributed by atoms with Gasteiger partial charge in [-0.3, -0.25) is 0 Å². The molecule has 2 heterocycles. The quantitative estimate of drug-likeness (QED) is 0.349. The Morgan fingerprint density at radius 3 is 2.41 bits per heavy atom. The maximum absolute atomic E-state index is 10.2. The third-order valence-corrected chi connectivity index (χ3v) is 6.51. The molecule has 0 unspecified atom stereocenters. The first-order chi connectivity index (χ1) is 15.6. The second-order valence-corrected chi connectivity index (χ2v) is 8.79. The van der Waals surface area contributed by atoms with Crippen LogP contribution in [0.3, 0.4) is 0 Å². The fraction of sp³-hybridized carbons (Fsp3) is 0.280. The van der Waals surface area contributed by atoms with Crippen LogP contribution in [-0.4, -0.2) is 43.9 Å². The van der Waals surface area contributed by atoms with Crippen molar-refractivity contribution in [2.24, 2.45) is 5.92 Å². The number of nitrogens with one attached hydrogen (secondary N) is 2. The van der Waals surface area contributed by atoms with Gasteiger partial charge in [0.2, 0.25) is 5.95 Å². The number of benzene rings is 2. The summed E-state index contributed by atoms with van der Waals surface area (Å²) in [5, 5.41) is 23.4. The first kappa shape index (κ1) is 20.9. The number of pyridine rings is 1. The van der Waals surface area contributed by atoms with E-state index in [4.69, 9.17) is 16.6 Å². The molecule has 1 saturated carbocycles. The zero-order valence-electron chi connectivity index (χ0n) is 17.5. The van der Waals surface area contributed by atoms with Crippen LogP contribution in [-0.2, 0) is 0 Å². The van der Waals surface area contributed by atoms with Crippen molar-refractivity contribution in [3.63, 3.8) is 0 Å². The Hall–Kier alpha value is -2.93. The Balaban J connectivity index is 1.37. The minimum Gasteiger partial charge on any atom is -0.396 e. The number of hydrogen-bond acceptors (Lipinski definition) is 5. The van der Waals surface area contributed by atoms with E-state index in [2.05, 4.69) is 39.6 Å². The van der Waals surface area contributed by atoms with E-state index in [1.54, 1.807) is 0 Å². The number of anilines is 1. The molecular weight excluding hydrogens is 424 g/mol. The van der Waals surface area contributed by atoms with Crippen LogP contribution in [0.4, 0.5) is 5.95 Å². The molecule has 0 aliphatic heterocycles. The van der Waals surface area contributed by atoms with E-state index in [9.17, 15) is 10.2 Å². The van der Waals surface area contributed by atoms with E-state index in [0.29, 0.717) is 28.7 Å². The van der Waals surface area contributed by atoms with Crippen molar-refractivity contribution in [1.82, 2.24) is 15.0 Å². The van der Waals surface area contributed by atoms with Crippen molar-refractivity contribution in [1.29, 1.82) is 0 Å². The molecule has 0 amide bonds. The Bertz CT molecular complexity index is 1210. The third-order valence-electron chi connectivity index (χ3n) is 6.22. The van der Waals surface area contributed by atoms with Crippen molar-refractivity contribution in [2.45, 2.75) is 31.4 Å². The van der Waals surface area contributed by atoms with Gasteiger partial charge in [-0.1, -0.05) is 66.2 Å². The average Bonchev–Trinajstić information content (AvgIpc) is 3.20. The van der Waals surface area contributed by atoms with E-state index >= 15 is 0 Å². The lowest BCUT2D eigenvalue weighted by Crippen LogP contribution is -2.37. The molecule has 4 aromatic rings. The van der Waals surface area contributed by atoms with Gasteiger partial charge >= 0.3 is 0 Å². The Labute approximate surface area is 191 Å². The van der Waals surface area contributed by atoms with Crippen LogP contribution in [0.25, 0.3) is 33.5 Å². The minimum absolute atomic E-state index is 0.0239. The number of hydrogen-bond donors (Lipinski definition) is 4. The summed E-state index contributed by atoms with van der Waals surface area (Å²) < 4.78 is 0. The average molecular weight is 449 g/mol. The molecule has 1 fully saturated rings. The monoisotopic (exact) mass is 448 g/mol. The van der Waals surface area contributed by atoms with E-state index in [0.717, 1.165) is 35.0 Å². The highest BCUT2D eigenvalue weighted by molar-refractivity contribution is 6.33. The molecule has 5 rings (SSSR count). The minimum atomic E-state index is -0.506. The number of rotatable bonds is 5. The SMILES string of the molecule is OC[C@H]1CC[C@H](Nc2nc3nc(-c4ccc(-c5ccccc5)cc4)c(Cl)cc3[nH]2)C[C@@H]1O. The van der Waals surface area contributed by atoms with Crippen molar-refractivity contribution in [3.05, 3.63) is 65.7 Å². The van der Waals surface area contributed by atoms with Crippen LogP contribution in [0.5, 0.6) is 0 Å². The van der Waals surface area contributed by atoms with E-state index in [1.807, 2.05) is 36.4 Å². The molecule has 7 heteroatoms. The van der Waals surface area contributed by atoms with Crippen LogP contribution >= 0.6 is 11.6 Å². The van der Waals surface area contributed by atoms with Gasteiger partial charge in [-0.15, -0.1) is 0 Å². The zero-order chi connectivity index (χ0) is 22.1. The largest absolute Gasteiger partial charge is 0.396 e. The fourth-order valence-corrected chi connectivity index (χ4v) is 4.65. The molecule has 2 aromatic heterocycles. The predicted octanol–water partition coefficient (Wildman–Crippen LogP) is 4.88. The number of H-pyrrole nitrogens is 1. The fourth-order valence-electron chi connectivity index (χ4n) is 4.39.